The molecule has 0 aliphatic rings. The summed E-state index contributed by atoms with van der Waals surface area (Å²) >= 11 is 12.6. The van der Waals surface area contributed by atoms with E-state index >= 15 is 0 Å². The molecule has 7 heteroatoms. The number of benzene rings is 1. The predicted molar refractivity (Wildman–Crippen MR) is 79.8 cm³/mol. The smallest absolute Gasteiger partial charge is 0.284 e. The molecule has 0 unspecified atom stereocenters. The zero-order chi connectivity index (χ0) is 14.5. The van der Waals surface area contributed by atoms with E-state index in [-0.39, 0.29) is 5.75 Å². The molecular weight excluding hydrogens is 327 g/mol. The van der Waals surface area contributed by atoms with E-state index in [4.69, 9.17) is 27.6 Å². The lowest BCUT2D eigenvalue weighted by Gasteiger charge is -2.08. The van der Waals surface area contributed by atoms with Crippen molar-refractivity contribution in [2.45, 2.75) is 18.1 Å². The quantitative estimate of drug-likeness (QED) is 0.736. The molecule has 2 aromatic rings. The minimum absolute atomic E-state index is 0.143. The van der Waals surface area contributed by atoms with Gasteiger partial charge in [0.15, 0.2) is 0 Å². The minimum atomic E-state index is -2.40. The average Bonchev–Trinajstić information content (AvgIpc) is 2.84. The largest absolute Gasteiger partial charge is 0.463 e. The summed E-state index contributed by atoms with van der Waals surface area (Å²) in [5.41, 5.74) is 0.621. The first kappa shape index (κ1) is 15.5. The van der Waals surface area contributed by atoms with Crippen molar-refractivity contribution in [2.24, 2.45) is 0 Å². The number of alkyl halides is 2. The summed E-state index contributed by atoms with van der Waals surface area (Å²) in [4.78, 5) is 0. The Kier molecular flexibility index (Phi) is 5.57. The fraction of sp³-hybridized carbons (Fsp3) is 0.231. The molecule has 0 saturated heterocycles. The van der Waals surface area contributed by atoms with Crippen molar-refractivity contribution < 1.29 is 13.2 Å². The van der Waals surface area contributed by atoms with E-state index in [0.29, 0.717) is 45.6 Å². The maximum absolute atomic E-state index is 12.1. The molecular formula is C13H11Cl2F2NOS. The Morgan fingerprint density at radius 2 is 1.75 bits per heavy atom. The first-order valence-electron chi connectivity index (χ1n) is 5.71. The van der Waals surface area contributed by atoms with Gasteiger partial charge in [-0.1, -0.05) is 41.0 Å². The fourth-order valence-corrected chi connectivity index (χ4v) is 2.56. The van der Waals surface area contributed by atoms with Crippen molar-refractivity contribution in [3.05, 3.63) is 51.9 Å². The van der Waals surface area contributed by atoms with E-state index in [0.717, 1.165) is 0 Å². The molecule has 1 aromatic heterocycles. The second-order valence-electron chi connectivity index (χ2n) is 3.89. The van der Waals surface area contributed by atoms with Gasteiger partial charge < -0.3 is 9.73 Å². The van der Waals surface area contributed by atoms with Crippen LogP contribution in [0.15, 0.2) is 34.7 Å². The Balaban J connectivity index is 1.94. The van der Waals surface area contributed by atoms with E-state index in [9.17, 15) is 8.78 Å². The predicted octanol–water partition coefficient (Wildman–Crippen LogP) is 5.65. The maximum atomic E-state index is 12.1. The lowest BCUT2D eigenvalue weighted by molar-refractivity contribution is 0.251. The molecule has 0 aliphatic heterocycles. The number of anilines is 1. The Morgan fingerprint density at radius 1 is 1.10 bits per heavy atom. The van der Waals surface area contributed by atoms with Crippen molar-refractivity contribution in [3.8, 4) is 0 Å². The van der Waals surface area contributed by atoms with Crippen LogP contribution in [0.25, 0.3) is 0 Å². The lowest BCUT2D eigenvalue weighted by Crippen LogP contribution is -1.99. The van der Waals surface area contributed by atoms with Gasteiger partial charge in [-0.3, -0.25) is 0 Å². The van der Waals surface area contributed by atoms with Crippen molar-refractivity contribution in [2.75, 3.05) is 5.32 Å². The van der Waals surface area contributed by atoms with E-state index in [1.54, 1.807) is 30.3 Å². The molecule has 0 fully saturated rings. The molecule has 20 heavy (non-hydrogen) atoms. The normalized spacial score (nSPS) is 11.1. The molecule has 1 N–H and O–H groups in total. The number of halogens is 4. The van der Waals surface area contributed by atoms with Crippen LogP contribution in [0.5, 0.6) is 0 Å². The van der Waals surface area contributed by atoms with Gasteiger partial charge in [-0.05, 0) is 24.3 Å². The number of furan rings is 1. The third-order valence-electron chi connectivity index (χ3n) is 2.47. The topological polar surface area (TPSA) is 25.2 Å². The van der Waals surface area contributed by atoms with Gasteiger partial charge in [-0.15, -0.1) is 0 Å². The number of nitrogens with one attached hydrogen (secondary N) is 1. The second-order valence-corrected chi connectivity index (χ2v) is 5.68. The third-order valence-corrected chi connectivity index (χ3v) is 3.80. The van der Waals surface area contributed by atoms with Crippen LogP contribution < -0.4 is 5.32 Å². The SMILES string of the molecule is FC(F)SCc1ccc(CNc2c(Cl)cccc2Cl)o1. The number of hydrogen-bond acceptors (Lipinski definition) is 3. The zero-order valence-corrected chi connectivity index (χ0v) is 12.5. The van der Waals surface area contributed by atoms with Crippen molar-refractivity contribution in [1.29, 1.82) is 0 Å². The highest BCUT2D eigenvalue weighted by Crippen LogP contribution is 2.30. The molecule has 2 nitrogen and oxygen atoms in total. The summed E-state index contributed by atoms with van der Waals surface area (Å²) in [6.07, 6.45) is 0. The van der Waals surface area contributed by atoms with E-state index in [1.165, 1.54) is 0 Å². The van der Waals surface area contributed by atoms with Crippen molar-refractivity contribution in [1.82, 2.24) is 0 Å². The first-order chi connectivity index (χ1) is 9.56. The molecule has 0 radical (unpaired) electrons. The Morgan fingerprint density at radius 3 is 2.40 bits per heavy atom. The molecule has 1 aromatic carbocycles. The molecule has 0 amide bonds. The van der Waals surface area contributed by atoms with Gasteiger partial charge in [0.1, 0.15) is 11.5 Å². The van der Waals surface area contributed by atoms with Crippen LogP contribution in [-0.2, 0) is 12.3 Å². The van der Waals surface area contributed by atoms with E-state index in [2.05, 4.69) is 5.32 Å². The summed E-state index contributed by atoms with van der Waals surface area (Å²) in [7, 11) is 0. The molecule has 0 bridgehead atoms. The molecule has 108 valence electrons. The van der Waals surface area contributed by atoms with Gasteiger partial charge in [0.25, 0.3) is 5.76 Å². The molecule has 0 saturated carbocycles. The van der Waals surface area contributed by atoms with Crippen molar-refractivity contribution >= 4 is 40.7 Å². The van der Waals surface area contributed by atoms with Crippen LogP contribution in [0.3, 0.4) is 0 Å². The van der Waals surface area contributed by atoms with Crippen LogP contribution in [0, 0.1) is 0 Å². The van der Waals surface area contributed by atoms with Gasteiger partial charge in [0, 0.05) is 0 Å². The standard InChI is InChI=1S/C13H11Cl2F2NOS/c14-10-2-1-3-11(15)12(10)18-6-8-4-5-9(19-8)7-20-13(16)17/h1-5,13,18H,6-7H2. The van der Waals surface area contributed by atoms with Crippen LogP contribution in [-0.4, -0.2) is 5.76 Å². The highest BCUT2D eigenvalue weighted by atomic mass is 35.5. The van der Waals surface area contributed by atoms with E-state index in [1.807, 2.05) is 0 Å². The van der Waals surface area contributed by atoms with Gasteiger partial charge in [-0.25, -0.2) is 0 Å². The van der Waals surface area contributed by atoms with Crippen molar-refractivity contribution in [3.63, 3.8) is 0 Å². The van der Waals surface area contributed by atoms with Crippen LogP contribution in [0.2, 0.25) is 10.0 Å². The van der Waals surface area contributed by atoms with Crippen LogP contribution in [0.1, 0.15) is 11.5 Å². The second kappa shape index (κ2) is 7.20. The van der Waals surface area contributed by atoms with Gasteiger partial charge in [0.2, 0.25) is 0 Å². The molecule has 0 spiro atoms. The number of hydrogen-bond donors (Lipinski definition) is 1. The summed E-state index contributed by atoms with van der Waals surface area (Å²) in [5, 5.41) is 4.09. The van der Waals surface area contributed by atoms with Crippen LogP contribution in [0.4, 0.5) is 14.5 Å². The summed E-state index contributed by atoms with van der Waals surface area (Å²) < 4.78 is 29.6. The monoisotopic (exact) mass is 337 g/mol. The fourth-order valence-electron chi connectivity index (χ4n) is 1.58. The lowest BCUT2D eigenvalue weighted by atomic mass is 10.3. The highest BCUT2D eigenvalue weighted by molar-refractivity contribution is 7.98. The summed E-state index contributed by atoms with van der Waals surface area (Å²) in [5.74, 6) is -1.11. The molecule has 0 aliphatic carbocycles. The highest BCUT2D eigenvalue weighted by Gasteiger charge is 2.09. The Labute approximate surface area is 129 Å². The van der Waals surface area contributed by atoms with Gasteiger partial charge in [-0.2, -0.15) is 8.78 Å². The van der Waals surface area contributed by atoms with Gasteiger partial charge >= 0.3 is 0 Å². The molecule has 2 rings (SSSR count). The average molecular weight is 338 g/mol. The van der Waals surface area contributed by atoms with E-state index < -0.39 is 5.76 Å². The number of rotatable bonds is 6. The molecule has 0 atom stereocenters. The zero-order valence-electron chi connectivity index (χ0n) is 10.2. The van der Waals surface area contributed by atoms with Crippen LogP contribution >= 0.6 is 35.0 Å². The third kappa shape index (κ3) is 4.30. The maximum Gasteiger partial charge on any atom is 0.284 e. The number of thioether (sulfide) groups is 1. The minimum Gasteiger partial charge on any atom is -0.463 e. The Hall–Kier alpha value is -0.910. The molecule has 1 heterocycles. The number of para-hydroxylation sites is 1. The summed E-state index contributed by atoms with van der Waals surface area (Å²) in [6, 6.07) is 8.62. The Bertz CT molecular complexity index is 557. The van der Waals surface area contributed by atoms with Gasteiger partial charge in [0.05, 0.1) is 28.0 Å². The first-order valence-corrected chi connectivity index (χ1v) is 7.52. The summed E-state index contributed by atoms with van der Waals surface area (Å²) in [6.45, 7) is 0.378.